The smallest absolute Gasteiger partial charge is 0.231 e. The van der Waals surface area contributed by atoms with Crippen molar-refractivity contribution in [3.63, 3.8) is 0 Å². The van der Waals surface area contributed by atoms with Crippen molar-refractivity contribution in [3.05, 3.63) is 35.4 Å². The molecule has 1 aromatic heterocycles. The Kier molecular flexibility index (Phi) is 3.46. The standard InChI is InChI=1S/C16H20N4O2/c1-2-14-18-19-15-7-6-12(9-20(14)15)17-8-11-4-3-5-13-16(11)22-10-21-13/h3-5,12,17H,2,6-10H2,1H3/t12-/m0/s1. The second-order valence-corrected chi connectivity index (χ2v) is 5.76. The third-order valence-electron chi connectivity index (χ3n) is 4.40. The van der Waals surface area contributed by atoms with Crippen molar-refractivity contribution in [1.29, 1.82) is 0 Å². The molecule has 2 aliphatic rings. The molecule has 6 nitrogen and oxygen atoms in total. The Morgan fingerprint density at radius 2 is 2.27 bits per heavy atom. The van der Waals surface area contributed by atoms with Crippen LogP contribution in [0.2, 0.25) is 0 Å². The van der Waals surface area contributed by atoms with Crippen LogP contribution < -0.4 is 14.8 Å². The van der Waals surface area contributed by atoms with Gasteiger partial charge in [0.15, 0.2) is 11.5 Å². The largest absolute Gasteiger partial charge is 0.454 e. The van der Waals surface area contributed by atoms with Crippen LogP contribution in [-0.4, -0.2) is 27.6 Å². The number of hydrogen-bond acceptors (Lipinski definition) is 5. The Balaban J connectivity index is 1.44. The number of nitrogens with one attached hydrogen (secondary N) is 1. The molecule has 0 bridgehead atoms. The van der Waals surface area contributed by atoms with Crippen molar-refractivity contribution in [2.45, 2.75) is 45.3 Å². The Labute approximate surface area is 129 Å². The Bertz CT molecular complexity index is 669. The van der Waals surface area contributed by atoms with Crippen LogP contribution in [0.4, 0.5) is 0 Å². The third kappa shape index (κ3) is 2.33. The predicted molar refractivity (Wildman–Crippen MR) is 80.9 cm³/mol. The molecule has 4 rings (SSSR count). The van der Waals surface area contributed by atoms with Gasteiger partial charge in [0.25, 0.3) is 0 Å². The van der Waals surface area contributed by atoms with E-state index in [0.29, 0.717) is 12.8 Å². The third-order valence-corrected chi connectivity index (χ3v) is 4.40. The highest BCUT2D eigenvalue weighted by molar-refractivity contribution is 5.48. The van der Waals surface area contributed by atoms with Crippen LogP contribution in [-0.2, 0) is 25.9 Å². The molecular formula is C16H20N4O2. The van der Waals surface area contributed by atoms with Gasteiger partial charge in [-0.05, 0) is 12.5 Å². The fourth-order valence-corrected chi connectivity index (χ4v) is 3.20. The molecule has 0 aliphatic carbocycles. The number of para-hydroxylation sites is 1. The minimum absolute atomic E-state index is 0.319. The average Bonchev–Trinajstić information content (AvgIpc) is 3.18. The zero-order chi connectivity index (χ0) is 14.9. The zero-order valence-corrected chi connectivity index (χ0v) is 12.7. The molecule has 1 N–H and O–H groups in total. The van der Waals surface area contributed by atoms with E-state index in [0.717, 1.165) is 61.1 Å². The lowest BCUT2D eigenvalue weighted by Gasteiger charge is -2.25. The van der Waals surface area contributed by atoms with E-state index in [4.69, 9.17) is 9.47 Å². The van der Waals surface area contributed by atoms with Crippen LogP contribution in [0.25, 0.3) is 0 Å². The van der Waals surface area contributed by atoms with Crippen LogP contribution >= 0.6 is 0 Å². The first-order chi connectivity index (χ1) is 10.8. The van der Waals surface area contributed by atoms with Gasteiger partial charge in [0, 0.05) is 37.5 Å². The summed E-state index contributed by atoms with van der Waals surface area (Å²) in [5.41, 5.74) is 1.15. The fraction of sp³-hybridized carbons (Fsp3) is 0.500. The number of aromatic nitrogens is 3. The lowest BCUT2D eigenvalue weighted by Crippen LogP contribution is -2.37. The Morgan fingerprint density at radius 3 is 3.18 bits per heavy atom. The molecule has 116 valence electrons. The average molecular weight is 300 g/mol. The van der Waals surface area contributed by atoms with Gasteiger partial charge in [-0.2, -0.15) is 0 Å². The SMILES string of the molecule is CCc1nnc2n1C[C@@H](NCc1cccc3c1OCO3)CC2. The highest BCUT2D eigenvalue weighted by Crippen LogP contribution is 2.35. The van der Waals surface area contributed by atoms with E-state index in [1.54, 1.807) is 0 Å². The van der Waals surface area contributed by atoms with Crippen LogP contribution in [0.15, 0.2) is 18.2 Å². The number of rotatable bonds is 4. The first kappa shape index (κ1) is 13.6. The van der Waals surface area contributed by atoms with Gasteiger partial charge in [0.1, 0.15) is 11.6 Å². The molecular weight excluding hydrogens is 280 g/mol. The van der Waals surface area contributed by atoms with Crippen LogP contribution in [0.3, 0.4) is 0 Å². The van der Waals surface area contributed by atoms with Crippen molar-refractivity contribution < 1.29 is 9.47 Å². The summed E-state index contributed by atoms with van der Waals surface area (Å²) in [5, 5.41) is 12.2. The van der Waals surface area contributed by atoms with Crippen molar-refractivity contribution in [1.82, 2.24) is 20.1 Å². The number of aryl methyl sites for hydroxylation is 2. The maximum Gasteiger partial charge on any atom is 0.231 e. The van der Waals surface area contributed by atoms with E-state index in [1.807, 2.05) is 12.1 Å². The number of benzene rings is 1. The molecule has 3 heterocycles. The number of fused-ring (bicyclic) bond motifs is 2. The molecule has 0 radical (unpaired) electrons. The van der Waals surface area contributed by atoms with Gasteiger partial charge in [0.05, 0.1) is 0 Å². The van der Waals surface area contributed by atoms with E-state index < -0.39 is 0 Å². The van der Waals surface area contributed by atoms with Gasteiger partial charge in [-0.25, -0.2) is 0 Å². The molecule has 0 amide bonds. The lowest BCUT2D eigenvalue weighted by molar-refractivity contribution is 0.173. The van der Waals surface area contributed by atoms with Crippen LogP contribution in [0.1, 0.15) is 30.6 Å². The summed E-state index contributed by atoms with van der Waals surface area (Å²) < 4.78 is 13.2. The second-order valence-electron chi connectivity index (χ2n) is 5.76. The van der Waals surface area contributed by atoms with E-state index in [2.05, 4.69) is 33.1 Å². The summed E-state index contributed by atoms with van der Waals surface area (Å²) in [6.45, 7) is 4.17. The van der Waals surface area contributed by atoms with Crippen molar-refractivity contribution in [2.24, 2.45) is 0 Å². The van der Waals surface area contributed by atoms with Gasteiger partial charge in [-0.1, -0.05) is 19.1 Å². The second kappa shape index (κ2) is 5.61. The molecule has 0 unspecified atom stereocenters. The minimum atomic E-state index is 0.319. The summed E-state index contributed by atoms with van der Waals surface area (Å²) in [5.74, 6) is 3.92. The number of hydrogen-bond donors (Lipinski definition) is 1. The summed E-state index contributed by atoms with van der Waals surface area (Å²) in [4.78, 5) is 0. The van der Waals surface area contributed by atoms with Gasteiger partial charge in [-0.3, -0.25) is 0 Å². The van der Waals surface area contributed by atoms with Gasteiger partial charge in [-0.15, -0.1) is 10.2 Å². The van der Waals surface area contributed by atoms with Crippen molar-refractivity contribution in [2.75, 3.05) is 6.79 Å². The quantitative estimate of drug-likeness (QED) is 0.931. The van der Waals surface area contributed by atoms with E-state index in [-0.39, 0.29) is 0 Å². The van der Waals surface area contributed by atoms with E-state index >= 15 is 0 Å². The number of nitrogens with zero attached hydrogens (tertiary/aromatic N) is 3. The summed E-state index contributed by atoms with van der Waals surface area (Å²) in [6.07, 6.45) is 3.00. The van der Waals surface area contributed by atoms with Gasteiger partial charge >= 0.3 is 0 Å². The maximum atomic E-state index is 5.56. The zero-order valence-electron chi connectivity index (χ0n) is 12.7. The molecule has 1 atom stereocenters. The number of ether oxygens (including phenoxy) is 2. The van der Waals surface area contributed by atoms with Gasteiger partial charge < -0.3 is 19.4 Å². The first-order valence-corrected chi connectivity index (χ1v) is 7.87. The molecule has 6 heteroatoms. The maximum absolute atomic E-state index is 5.56. The summed E-state index contributed by atoms with van der Waals surface area (Å²) >= 11 is 0. The minimum Gasteiger partial charge on any atom is -0.454 e. The normalized spacial score (nSPS) is 19.2. The lowest BCUT2D eigenvalue weighted by atomic mass is 10.1. The summed E-state index contributed by atoms with van der Waals surface area (Å²) in [7, 11) is 0. The van der Waals surface area contributed by atoms with Crippen molar-refractivity contribution >= 4 is 0 Å². The molecule has 22 heavy (non-hydrogen) atoms. The molecule has 0 saturated heterocycles. The van der Waals surface area contributed by atoms with Gasteiger partial charge in [0.2, 0.25) is 6.79 Å². The monoisotopic (exact) mass is 300 g/mol. The molecule has 1 aromatic carbocycles. The summed E-state index contributed by atoms with van der Waals surface area (Å²) in [6, 6.07) is 6.49. The van der Waals surface area contributed by atoms with E-state index in [1.165, 1.54) is 0 Å². The Morgan fingerprint density at radius 1 is 1.32 bits per heavy atom. The molecule has 2 aliphatic heterocycles. The first-order valence-electron chi connectivity index (χ1n) is 7.87. The van der Waals surface area contributed by atoms with Crippen molar-refractivity contribution in [3.8, 4) is 11.5 Å². The van der Waals surface area contributed by atoms with Crippen LogP contribution in [0.5, 0.6) is 11.5 Å². The molecule has 2 aromatic rings. The highest BCUT2D eigenvalue weighted by atomic mass is 16.7. The van der Waals surface area contributed by atoms with E-state index in [9.17, 15) is 0 Å². The predicted octanol–water partition coefficient (Wildman–Crippen LogP) is 1.67. The van der Waals surface area contributed by atoms with Crippen LogP contribution in [0, 0.1) is 0 Å². The highest BCUT2D eigenvalue weighted by Gasteiger charge is 2.23. The fourth-order valence-electron chi connectivity index (χ4n) is 3.20. The Hall–Kier alpha value is -2.08. The molecule has 0 fully saturated rings. The molecule has 0 saturated carbocycles. The topological polar surface area (TPSA) is 61.2 Å². The molecule has 0 spiro atoms.